The number of hydrogen-bond acceptors (Lipinski definition) is 2. The molecule has 0 aromatic heterocycles. The van der Waals surface area contributed by atoms with Gasteiger partial charge in [-0.25, -0.2) is 0 Å². The first kappa shape index (κ1) is 7.28. The smallest absolute Gasteiger partial charge is 0.307 e. The zero-order valence-corrected chi connectivity index (χ0v) is 5.67. The van der Waals surface area contributed by atoms with E-state index in [1.54, 1.807) is 0 Å². The fourth-order valence-corrected chi connectivity index (χ4v) is 0.920. The lowest BCUT2D eigenvalue weighted by molar-refractivity contribution is -0.136. The number of ether oxygens (including phenoxy) is 1. The van der Waals surface area contributed by atoms with Gasteiger partial charge in [0.05, 0.1) is 19.6 Å². The monoisotopic (exact) mass is 142 g/mol. The summed E-state index contributed by atoms with van der Waals surface area (Å²) >= 11 is 0. The summed E-state index contributed by atoms with van der Waals surface area (Å²) in [6.45, 7) is 1.24. The number of aliphatic carboxylic acids is 1. The fourth-order valence-electron chi connectivity index (χ4n) is 0.920. The van der Waals surface area contributed by atoms with Gasteiger partial charge < -0.3 is 9.84 Å². The molecular formula is C7H10O3. The second-order valence-electron chi connectivity index (χ2n) is 2.26. The normalized spacial score (nSPS) is 18.2. The number of carboxylic acid groups (broad SMARTS) is 1. The van der Waals surface area contributed by atoms with Crippen LogP contribution in [0.25, 0.3) is 0 Å². The zero-order valence-electron chi connectivity index (χ0n) is 5.67. The third kappa shape index (κ3) is 2.19. The molecule has 0 atom stereocenters. The van der Waals surface area contributed by atoms with Crippen LogP contribution in [0.1, 0.15) is 12.8 Å². The van der Waals surface area contributed by atoms with Crippen LogP contribution in [0.5, 0.6) is 0 Å². The topological polar surface area (TPSA) is 46.5 Å². The van der Waals surface area contributed by atoms with Crippen molar-refractivity contribution in [1.29, 1.82) is 0 Å². The van der Waals surface area contributed by atoms with Crippen LogP contribution in [0.4, 0.5) is 0 Å². The van der Waals surface area contributed by atoms with E-state index in [1.165, 1.54) is 0 Å². The van der Waals surface area contributed by atoms with Crippen LogP contribution in [0.15, 0.2) is 11.6 Å². The number of hydrogen-bond donors (Lipinski definition) is 1. The van der Waals surface area contributed by atoms with Gasteiger partial charge in [-0.3, -0.25) is 4.79 Å². The fraction of sp³-hybridized carbons (Fsp3) is 0.571. The molecule has 1 heterocycles. The molecule has 0 aromatic rings. The summed E-state index contributed by atoms with van der Waals surface area (Å²) in [4.78, 5) is 10.2. The molecule has 0 amide bonds. The van der Waals surface area contributed by atoms with E-state index in [0.29, 0.717) is 13.2 Å². The first-order valence-corrected chi connectivity index (χ1v) is 3.26. The lowest BCUT2D eigenvalue weighted by atomic mass is 10.1. The van der Waals surface area contributed by atoms with Crippen LogP contribution in [0, 0.1) is 0 Å². The molecule has 56 valence electrons. The maximum atomic E-state index is 10.2. The van der Waals surface area contributed by atoms with E-state index in [9.17, 15) is 4.79 Å². The summed E-state index contributed by atoms with van der Waals surface area (Å²) in [5.74, 6) is -0.756. The molecule has 0 bridgehead atoms. The molecule has 3 heteroatoms. The largest absolute Gasteiger partial charge is 0.481 e. The Labute approximate surface area is 59.3 Å². The number of carbonyl (C=O) groups is 1. The molecule has 0 aliphatic carbocycles. The first-order valence-electron chi connectivity index (χ1n) is 3.26. The van der Waals surface area contributed by atoms with E-state index in [-0.39, 0.29) is 6.42 Å². The third-order valence-electron chi connectivity index (χ3n) is 1.44. The van der Waals surface area contributed by atoms with Crippen LogP contribution in [-0.4, -0.2) is 24.3 Å². The highest BCUT2D eigenvalue weighted by Crippen LogP contribution is 2.10. The van der Waals surface area contributed by atoms with Gasteiger partial charge in [-0.15, -0.1) is 0 Å². The minimum absolute atomic E-state index is 0.170. The van der Waals surface area contributed by atoms with Crippen molar-refractivity contribution in [1.82, 2.24) is 0 Å². The maximum Gasteiger partial charge on any atom is 0.307 e. The number of carboxylic acids is 1. The average Bonchev–Trinajstić information content (AvgIpc) is 1.88. The Morgan fingerprint density at radius 2 is 2.60 bits per heavy atom. The Kier molecular flexibility index (Phi) is 2.45. The van der Waals surface area contributed by atoms with Gasteiger partial charge in [0.25, 0.3) is 0 Å². The standard InChI is InChI=1S/C7H10O3/c8-7(9)5-6-1-3-10-4-2-6/h1H,2-5H2,(H,8,9). The Balaban J connectivity index is 2.38. The van der Waals surface area contributed by atoms with E-state index in [2.05, 4.69) is 0 Å². The minimum atomic E-state index is -0.756. The summed E-state index contributed by atoms with van der Waals surface area (Å²) in [5.41, 5.74) is 0.985. The lowest BCUT2D eigenvalue weighted by Crippen LogP contribution is -2.07. The van der Waals surface area contributed by atoms with Gasteiger partial charge in [0.2, 0.25) is 0 Å². The first-order chi connectivity index (χ1) is 4.79. The van der Waals surface area contributed by atoms with E-state index in [1.807, 2.05) is 6.08 Å². The van der Waals surface area contributed by atoms with Crippen LogP contribution in [-0.2, 0) is 9.53 Å². The van der Waals surface area contributed by atoms with Crippen molar-refractivity contribution in [2.45, 2.75) is 12.8 Å². The van der Waals surface area contributed by atoms with Gasteiger partial charge in [0.15, 0.2) is 0 Å². The van der Waals surface area contributed by atoms with E-state index >= 15 is 0 Å². The molecule has 0 unspecified atom stereocenters. The minimum Gasteiger partial charge on any atom is -0.481 e. The highest BCUT2D eigenvalue weighted by Gasteiger charge is 2.06. The Morgan fingerprint density at radius 3 is 3.10 bits per heavy atom. The second-order valence-corrected chi connectivity index (χ2v) is 2.26. The quantitative estimate of drug-likeness (QED) is 0.580. The summed E-state index contributed by atoms with van der Waals surface area (Å²) in [6, 6.07) is 0. The van der Waals surface area contributed by atoms with E-state index in [0.717, 1.165) is 12.0 Å². The second kappa shape index (κ2) is 3.37. The summed E-state index contributed by atoms with van der Waals surface area (Å²) < 4.78 is 5.01. The molecule has 0 saturated carbocycles. The van der Waals surface area contributed by atoms with E-state index < -0.39 is 5.97 Å². The van der Waals surface area contributed by atoms with Crippen molar-refractivity contribution >= 4 is 5.97 Å². The Morgan fingerprint density at radius 1 is 1.80 bits per heavy atom. The van der Waals surface area contributed by atoms with Gasteiger partial charge in [0.1, 0.15) is 0 Å². The molecule has 1 N–H and O–H groups in total. The van der Waals surface area contributed by atoms with Crippen molar-refractivity contribution in [3.05, 3.63) is 11.6 Å². The maximum absolute atomic E-state index is 10.2. The highest BCUT2D eigenvalue weighted by atomic mass is 16.5. The van der Waals surface area contributed by atoms with Gasteiger partial charge >= 0.3 is 5.97 Å². The van der Waals surface area contributed by atoms with E-state index in [4.69, 9.17) is 9.84 Å². The predicted molar refractivity (Wildman–Crippen MR) is 35.8 cm³/mol. The Hall–Kier alpha value is -0.830. The molecule has 0 saturated heterocycles. The molecule has 0 radical (unpaired) electrons. The van der Waals surface area contributed by atoms with Crippen LogP contribution < -0.4 is 0 Å². The molecule has 3 nitrogen and oxygen atoms in total. The molecule has 0 fully saturated rings. The summed E-state index contributed by atoms with van der Waals surface area (Å²) in [7, 11) is 0. The van der Waals surface area contributed by atoms with Crippen LogP contribution >= 0.6 is 0 Å². The van der Waals surface area contributed by atoms with Crippen LogP contribution in [0.3, 0.4) is 0 Å². The van der Waals surface area contributed by atoms with Crippen LogP contribution in [0.2, 0.25) is 0 Å². The predicted octanol–water partition coefficient (Wildman–Crippen LogP) is 0.808. The SMILES string of the molecule is O=C(O)CC1=CCOCC1. The summed E-state index contributed by atoms with van der Waals surface area (Å²) in [5, 5.41) is 8.38. The van der Waals surface area contributed by atoms with Crippen molar-refractivity contribution in [3.63, 3.8) is 0 Å². The highest BCUT2D eigenvalue weighted by molar-refractivity contribution is 5.70. The third-order valence-corrected chi connectivity index (χ3v) is 1.44. The summed E-state index contributed by atoms with van der Waals surface area (Å²) in [6.07, 6.45) is 2.78. The molecular weight excluding hydrogens is 132 g/mol. The Bertz CT molecular complexity index is 160. The molecule has 1 aliphatic heterocycles. The van der Waals surface area contributed by atoms with Gasteiger partial charge in [-0.05, 0) is 6.42 Å². The van der Waals surface area contributed by atoms with Crippen molar-refractivity contribution in [2.24, 2.45) is 0 Å². The molecule has 0 aromatic carbocycles. The molecule has 10 heavy (non-hydrogen) atoms. The van der Waals surface area contributed by atoms with Gasteiger partial charge in [0, 0.05) is 0 Å². The van der Waals surface area contributed by atoms with Crippen molar-refractivity contribution < 1.29 is 14.6 Å². The molecule has 0 spiro atoms. The average molecular weight is 142 g/mol. The van der Waals surface area contributed by atoms with Crippen molar-refractivity contribution in [3.8, 4) is 0 Å². The van der Waals surface area contributed by atoms with Gasteiger partial charge in [-0.2, -0.15) is 0 Å². The molecule has 1 aliphatic rings. The number of rotatable bonds is 2. The van der Waals surface area contributed by atoms with Gasteiger partial charge in [-0.1, -0.05) is 11.6 Å². The zero-order chi connectivity index (χ0) is 7.40. The lowest BCUT2D eigenvalue weighted by Gasteiger charge is -2.10. The van der Waals surface area contributed by atoms with Crippen molar-refractivity contribution in [2.75, 3.05) is 13.2 Å². The molecule has 1 rings (SSSR count).